The molecular formula is C16H19ClN2O2. The first kappa shape index (κ1) is 15.4. The number of halogens is 1. The van der Waals surface area contributed by atoms with Crippen LogP contribution in [0.4, 0.5) is 5.69 Å². The summed E-state index contributed by atoms with van der Waals surface area (Å²) in [5, 5.41) is 4.07. The van der Waals surface area contributed by atoms with Gasteiger partial charge in [-0.15, -0.1) is 0 Å². The Kier molecular flexibility index (Phi) is 5.28. The molecule has 0 amide bonds. The minimum Gasteiger partial charge on any atom is -0.493 e. The third-order valence-electron chi connectivity index (χ3n) is 3.32. The summed E-state index contributed by atoms with van der Waals surface area (Å²) >= 11 is 6.17. The predicted octanol–water partition coefficient (Wildman–Crippen LogP) is 4.32. The molecule has 0 spiro atoms. The maximum atomic E-state index is 6.17. The number of ether oxygens (including phenoxy) is 2. The number of nitrogens with one attached hydrogen (secondary N) is 1. The van der Waals surface area contributed by atoms with E-state index in [1.165, 1.54) is 0 Å². The summed E-state index contributed by atoms with van der Waals surface area (Å²) in [5.41, 5.74) is 1.93. The maximum Gasteiger partial charge on any atom is 0.161 e. The van der Waals surface area contributed by atoms with Crippen molar-refractivity contribution in [2.45, 2.75) is 19.4 Å². The standard InChI is InChI=1S/C16H19ClN2O2/c1-4-13(19-14-10-18-8-7-12(14)17)11-5-6-15(20-2)16(9-11)21-3/h5-10,13,19H,4H2,1-3H3. The van der Waals surface area contributed by atoms with Crippen molar-refractivity contribution in [1.82, 2.24) is 4.98 Å². The molecule has 1 aromatic heterocycles. The Morgan fingerprint density at radius 2 is 1.95 bits per heavy atom. The second kappa shape index (κ2) is 7.18. The second-order valence-electron chi connectivity index (χ2n) is 4.58. The van der Waals surface area contributed by atoms with Gasteiger partial charge in [0, 0.05) is 6.20 Å². The van der Waals surface area contributed by atoms with E-state index in [1.54, 1.807) is 32.7 Å². The summed E-state index contributed by atoms with van der Waals surface area (Å²) in [6, 6.07) is 7.79. The molecule has 2 rings (SSSR count). The average molecular weight is 307 g/mol. The first-order valence-electron chi connectivity index (χ1n) is 6.77. The van der Waals surface area contributed by atoms with Crippen LogP contribution >= 0.6 is 11.6 Å². The third kappa shape index (κ3) is 3.58. The smallest absolute Gasteiger partial charge is 0.161 e. The highest BCUT2D eigenvalue weighted by Gasteiger charge is 2.14. The van der Waals surface area contributed by atoms with Crippen LogP contribution in [0.1, 0.15) is 24.9 Å². The average Bonchev–Trinajstić information content (AvgIpc) is 2.53. The lowest BCUT2D eigenvalue weighted by Crippen LogP contribution is -2.10. The molecule has 1 unspecified atom stereocenters. The van der Waals surface area contributed by atoms with Crippen molar-refractivity contribution in [3.63, 3.8) is 0 Å². The van der Waals surface area contributed by atoms with Crippen molar-refractivity contribution in [2.75, 3.05) is 19.5 Å². The molecule has 1 N–H and O–H groups in total. The zero-order valence-electron chi connectivity index (χ0n) is 12.4. The van der Waals surface area contributed by atoms with Crippen molar-refractivity contribution in [3.8, 4) is 11.5 Å². The maximum absolute atomic E-state index is 6.17. The number of pyridine rings is 1. The molecule has 2 aromatic rings. The van der Waals surface area contributed by atoms with Crippen LogP contribution in [0.25, 0.3) is 0 Å². The Balaban J connectivity index is 2.27. The lowest BCUT2D eigenvalue weighted by atomic mass is 10.0. The fraction of sp³-hybridized carbons (Fsp3) is 0.312. The van der Waals surface area contributed by atoms with E-state index in [1.807, 2.05) is 18.2 Å². The Morgan fingerprint density at radius 1 is 1.19 bits per heavy atom. The van der Waals surface area contributed by atoms with Crippen LogP contribution in [-0.4, -0.2) is 19.2 Å². The van der Waals surface area contributed by atoms with Crippen LogP contribution in [-0.2, 0) is 0 Å². The first-order valence-corrected chi connectivity index (χ1v) is 7.15. The van der Waals surface area contributed by atoms with Crippen LogP contribution in [0.15, 0.2) is 36.7 Å². The number of methoxy groups -OCH3 is 2. The number of rotatable bonds is 6. The van der Waals surface area contributed by atoms with Gasteiger partial charge in [0.2, 0.25) is 0 Å². The van der Waals surface area contributed by atoms with Crippen molar-refractivity contribution in [1.29, 1.82) is 0 Å². The van der Waals surface area contributed by atoms with Crippen molar-refractivity contribution < 1.29 is 9.47 Å². The largest absolute Gasteiger partial charge is 0.493 e. The Morgan fingerprint density at radius 3 is 2.57 bits per heavy atom. The van der Waals surface area contributed by atoms with Gasteiger partial charge in [-0.2, -0.15) is 0 Å². The molecule has 21 heavy (non-hydrogen) atoms. The van der Waals surface area contributed by atoms with Crippen molar-refractivity contribution in [2.24, 2.45) is 0 Å². The van der Waals surface area contributed by atoms with Crippen LogP contribution in [0.3, 0.4) is 0 Å². The molecule has 4 nitrogen and oxygen atoms in total. The quantitative estimate of drug-likeness (QED) is 0.863. The summed E-state index contributed by atoms with van der Waals surface area (Å²) < 4.78 is 10.6. The number of benzene rings is 1. The predicted molar refractivity (Wildman–Crippen MR) is 85.4 cm³/mol. The molecule has 1 atom stereocenters. The topological polar surface area (TPSA) is 43.4 Å². The zero-order valence-corrected chi connectivity index (χ0v) is 13.1. The molecule has 5 heteroatoms. The van der Waals surface area contributed by atoms with E-state index in [2.05, 4.69) is 17.2 Å². The lowest BCUT2D eigenvalue weighted by molar-refractivity contribution is 0.354. The van der Waals surface area contributed by atoms with Crippen LogP contribution in [0.5, 0.6) is 11.5 Å². The molecule has 0 saturated heterocycles. The third-order valence-corrected chi connectivity index (χ3v) is 3.65. The Labute approximate surface area is 130 Å². The number of hydrogen-bond acceptors (Lipinski definition) is 4. The minimum absolute atomic E-state index is 0.117. The molecule has 1 heterocycles. The van der Waals surface area contributed by atoms with Gasteiger partial charge in [-0.3, -0.25) is 4.98 Å². The van der Waals surface area contributed by atoms with Gasteiger partial charge in [0.05, 0.1) is 37.2 Å². The fourth-order valence-corrected chi connectivity index (χ4v) is 2.32. The van der Waals surface area contributed by atoms with E-state index >= 15 is 0 Å². The van der Waals surface area contributed by atoms with E-state index in [4.69, 9.17) is 21.1 Å². The van der Waals surface area contributed by atoms with Crippen LogP contribution < -0.4 is 14.8 Å². The highest BCUT2D eigenvalue weighted by Crippen LogP contribution is 2.33. The molecule has 0 radical (unpaired) electrons. The summed E-state index contributed by atoms with van der Waals surface area (Å²) in [6.45, 7) is 2.11. The van der Waals surface area contributed by atoms with E-state index in [9.17, 15) is 0 Å². The van der Waals surface area contributed by atoms with Gasteiger partial charge in [-0.25, -0.2) is 0 Å². The van der Waals surface area contributed by atoms with Crippen LogP contribution in [0.2, 0.25) is 5.02 Å². The van der Waals surface area contributed by atoms with Gasteiger partial charge in [-0.1, -0.05) is 24.6 Å². The number of aromatic nitrogens is 1. The molecular weight excluding hydrogens is 288 g/mol. The number of anilines is 1. The summed E-state index contributed by atoms with van der Waals surface area (Å²) in [6.07, 6.45) is 4.30. The van der Waals surface area contributed by atoms with Gasteiger partial charge in [-0.05, 0) is 30.2 Å². The van der Waals surface area contributed by atoms with Gasteiger partial charge >= 0.3 is 0 Å². The van der Waals surface area contributed by atoms with E-state index in [-0.39, 0.29) is 6.04 Å². The summed E-state index contributed by atoms with van der Waals surface area (Å²) in [4.78, 5) is 4.10. The normalized spacial score (nSPS) is 11.8. The van der Waals surface area contributed by atoms with Gasteiger partial charge < -0.3 is 14.8 Å². The highest BCUT2D eigenvalue weighted by molar-refractivity contribution is 6.33. The monoisotopic (exact) mass is 306 g/mol. The highest BCUT2D eigenvalue weighted by atomic mass is 35.5. The van der Waals surface area contributed by atoms with Gasteiger partial charge in [0.25, 0.3) is 0 Å². The van der Waals surface area contributed by atoms with E-state index in [0.29, 0.717) is 10.8 Å². The molecule has 1 aromatic carbocycles. The second-order valence-corrected chi connectivity index (χ2v) is 4.98. The van der Waals surface area contributed by atoms with Crippen LogP contribution in [0, 0.1) is 0 Å². The molecule has 0 bridgehead atoms. The number of hydrogen-bond donors (Lipinski definition) is 1. The van der Waals surface area contributed by atoms with E-state index < -0.39 is 0 Å². The van der Waals surface area contributed by atoms with Crippen molar-refractivity contribution >= 4 is 17.3 Å². The first-order chi connectivity index (χ1) is 10.2. The summed E-state index contributed by atoms with van der Waals surface area (Å²) in [7, 11) is 3.26. The van der Waals surface area contributed by atoms with Crippen molar-refractivity contribution in [3.05, 3.63) is 47.2 Å². The summed E-state index contributed by atoms with van der Waals surface area (Å²) in [5.74, 6) is 1.43. The van der Waals surface area contributed by atoms with Gasteiger partial charge in [0.1, 0.15) is 0 Å². The zero-order chi connectivity index (χ0) is 15.2. The van der Waals surface area contributed by atoms with Gasteiger partial charge in [0.15, 0.2) is 11.5 Å². The molecule has 0 fully saturated rings. The molecule has 0 aliphatic rings. The SMILES string of the molecule is CCC(Nc1cnccc1Cl)c1ccc(OC)c(OC)c1. The minimum atomic E-state index is 0.117. The lowest BCUT2D eigenvalue weighted by Gasteiger charge is -2.20. The Hall–Kier alpha value is -1.94. The molecule has 112 valence electrons. The Bertz CT molecular complexity index is 605. The van der Waals surface area contributed by atoms with E-state index in [0.717, 1.165) is 23.4 Å². The molecule has 0 aliphatic heterocycles. The fourth-order valence-electron chi connectivity index (χ4n) is 2.16. The molecule has 0 aliphatic carbocycles. The number of nitrogens with zero attached hydrogens (tertiary/aromatic N) is 1. The molecule has 0 saturated carbocycles.